The van der Waals surface area contributed by atoms with Crippen LogP contribution in [0.25, 0.3) is 28.3 Å². The lowest BCUT2D eigenvalue weighted by molar-refractivity contribution is 0.0943. The molecule has 3 heterocycles. The van der Waals surface area contributed by atoms with Crippen molar-refractivity contribution in [3.8, 4) is 5.75 Å². The summed E-state index contributed by atoms with van der Waals surface area (Å²) < 4.78 is 0. The Morgan fingerprint density at radius 2 is 1.72 bits per heavy atom. The van der Waals surface area contributed by atoms with Crippen LogP contribution in [0.15, 0.2) is 21.7 Å². The molecule has 39 heavy (non-hydrogen) atoms. The molecule has 0 radical (unpaired) electrons. The second kappa shape index (κ2) is 11.3. The number of hydrogen-bond donors (Lipinski definition) is 4. The summed E-state index contributed by atoms with van der Waals surface area (Å²) in [6.45, 7) is 11.0. The van der Waals surface area contributed by atoms with Gasteiger partial charge in [0.2, 0.25) is 10.9 Å². The van der Waals surface area contributed by atoms with E-state index in [0.29, 0.717) is 24.4 Å². The molecular weight excluding hydrogens is 496 g/mol. The summed E-state index contributed by atoms with van der Waals surface area (Å²) in [7, 11) is 0. The minimum atomic E-state index is -0.422. The summed E-state index contributed by atoms with van der Waals surface area (Å²) in [5.41, 5.74) is 0.255. The zero-order chi connectivity index (χ0) is 27.7. The lowest BCUT2D eigenvalue weighted by atomic mass is 10.1. The molecule has 2 aromatic carbocycles. The van der Waals surface area contributed by atoms with Gasteiger partial charge in [0, 0.05) is 36.9 Å². The van der Waals surface area contributed by atoms with Gasteiger partial charge in [0.15, 0.2) is 0 Å². The highest BCUT2D eigenvalue weighted by Gasteiger charge is 2.25. The maximum atomic E-state index is 13.2. The third-order valence-electron chi connectivity index (χ3n) is 8.44. The van der Waals surface area contributed by atoms with E-state index in [2.05, 4.69) is 44.2 Å². The first kappa shape index (κ1) is 27.1. The van der Waals surface area contributed by atoms with Crippen LogP contribution in [0.1, 0.15) is 55.5 Å². The lowest BCUT2D eigenvalue weighted by Crippen LogP contribution is -2.40. The number of amides is 1. The van der Waals surface area contributed by atoms with Crippen molar-refractivity contribution in [2.75, 3.05) is 39.3 Å². The molecule has 4 N–H and O–H groups in total. The van der Waals surface area contributed by atoms with E-state index in [1.54, 1.807) is 13.1 Å². The molecular formula is C29H38N6O4. The molecule has 2 saturated heterocycles. The summed E-state index contributed by atoms with van der Waals surface area (Å²) in [5.74, 6) is -0.494. The summed E-state index contributed by atoms with van der Waals surface area (Å²) in [4.78, 5) is 51.6. The number of likely N-dealkylation sites (tertiary alicyclic amines) is 2. The molecule has 2 aliphatic heterocycles. The van der Waals surface area contributed by atoms with Gasteiger partial charge in [0.05, 0.1) is 16.3 Å². The maximum absolute atomic E-state index is 13.2. The molecule has 10 heteroatoms. The number of hydrogen-bond acceptors (Lipinski definition) is 8. The third kappa shape index (κ3) is 5.10. The van der Waals surface area contributed by atoms with Crippen molar-refractivity contribution in [1.29, 1.82) is 0 Å². The van der Waals surface area contributed by atoms with Gasteiger partial charge in [-0.1, -0.05) is 13.8 Å². The van der Waals surface area contributed by atoms with Gasteiger partial charge in [-0.05, 0) is 70.9 Å². The smallest absolute Gasteiger partial charge is 0.253 e. The normalized spacial score (nSPS) is 20.8. The van der Waals surface area contributed by atoms with E-state index >= 15 is 0 Å². The predicted molar refractivity (Wildman–Crippen MR) is 153 cm³/mol. The van der Waals surface area contributed by atoms with Crippen LogP contribution >= 0.6 is 0 Å². The van der Waals surface area contributed by atoms with Gasteiger partial charge < -0.3 is 20.7 Å². The fraction of sp³-hybridized carbons (Fsp3) is 0.517. The van der Waals surface area contributed by atoms with Gasteiger partial charge in [-0.25, -0.2) is 4.98 Å². The molecule has 10 nitrogen and oxygen atoms in total. The second-order valence-electron chi connectivity index (χ2n) is 10.6. The first-order valence-corrected chi connectivity index (χ1v) is 14.1. The molecule has 1 aromatic heterocycles. The number of benzene rings is 2. The van der Waals surface area contributed by atoms with E-state index in [-0.39, 0.29) is 56.3 Å². The number of H-pyrrole nitrogens is 1. The lowest BCUT2D eigenvalue weighted by Gasteiger charge is -2.23. The van der Waals surface area contributed by atoms with Crippen molar-refractivity contribution in [3.05, 3.63) is 48.9 Å². The topological polar surface area (TPSA) is 131 Å². The molecule has 0 bridgehead atoms. The molecule has 2 atom stereocenters. The molecule has 208 valence electrons. The molecule has 2 fully saturated rings. The maximum Gasteiger partial charge on any atom is 0.253 e. The molecule has 3 aromatic rings. The number of aromatic hydroxyl groups is 1. The number of phenolic OH excluding ortho intramolecular Hbond substituents is 1. The van der Waals surface area contributed by atoms with E-state index in [1.807, 2.05) is 0 Å². The number of phenols is 1. The average Bonchev–Trinajstić information content (AvgIpc) is 3.61. The monoisotopic (exact) mass is 534 g/mol. The van der Waals surface area contributed by atoms with Crippen LogP contribution in [0.2, 0.25) is 0 Å². The van der Waals surface area contributed by atoms with Crippen LogP contribution in [0.3, 0.4) is 0 Å². The number of carbonyl (C=O) groups is 1. The van der Waals surface area contributed by atoms with Crippen LogP contribution in [0, 0.1) is 6.92 Å². The molecule has 1 amide bonds. The van der Waals surface area contributed by atoms with Crippen LogP contribution in [-0.2, 0) is 0 Å². The van der Waals surface area contributed by atoms with Gasteiger partial charge in [-0.15, -0.1) is 0 Å². The number of likely N-dealkylation sites (N-methyl/N-ethyl adjacent to an activating group) is 2. The largest absolute Gasteiger partial charge is 0.507 e. The van der Waals surface area contributed by atoms with E-state index in [4.69, 9.17) is 0 Å². The van der Waals surface area contributed by atoms with Crippen LogP contribution < -0.4 is 26.7 Å². The Labute approximate surface area is 227 Å². The first-order valence-electron chi connectivity index (χ1n) is 14.1. The Bertz CT molecular complexity index is 1570. The highest BCUT2D eigenvalue weighted by Crippen LogP contribution is 2.19. The van der Waals surface area contributed by atoms with Crippen molar-refractivity contribution in [3.63, 3.8) is 0 Å². The summed E-state index contributed by atoms with van der Waals surface area (Å²) in [6.07, 6.45) is 6.05. The van der Waals surface area contributed by atoms with Crippen molar-refractivity contribution in [1.82, 2.24) is 30.4 Å². The van der Waals surface area contributed by atoms with E-state index in [0.717, 1.165) is 51.9 Å². The number of fused-ring (bicyclic) bond motifs is 2. The van der Waals surface area contributed by atoms with Crippen molar-refractivity contribution in [2.45, 2.75) is 58.5 Å². The summed E-state index contributed by atoms with van der Waals surface area (Å²) in [5, 5.41) is 17.5. The average molecular weight is 535 g/mol. The number of nitrogens with zero attached hydrogens (tertiary/aromatic N) is 3. The predicted octanol–water partition coefficient (Wildman–Crippen LogP) is 1.20. The van der Waals surface area contributed by atoms with E-state index in [1.165, 1.54) is 12.1 Å². The fourth-order valence-corrected chi connectivity index (χ4v) is 6.14. The Kier molecular flexibility index (Phi) is 7.86. The highest BCUT2D eigenvalue weighted by molar-refractivity contribution is 6.06. The van der Waals surface area contributed by atoms with Crippen LogP contribution in [-0.4, -0.2) is 82.1 Å². The molecule has 0 saturated carbocycles. The minimum Gasteiger partial charge on any atom is -0.507 e. The SMILES string of the molecule is CCN1CCCC1CNC=c1c(O)c(C)c(=O)c2[nH]c3c(C(=O)NCC4CCCN4CC)ccc(=O)c3nc12. The van der Waals surface area contributed by atoms with Gasteiger partial charge >= 0.3 is 0 Å². The minimum absolute atomic E-state index is 0.0523. The Hall–Kier alpha value is -3.50. The fourth-order valence-electron chi connectivity index (χ4n) is 6.14. The van der Waals surface area contributed by atoms with Crippen molar-refractivity contribution in [2.24, 2.45) is 0 Å². The van der Waals surface area contributed by atoms with Crippen LogP contribution in [0.5, 0.6) is 5.75 Å². The Balaban J connectivity index is 1.53. The van der Waals surface area contributed by atoms with E-state index in [9.17, 15) is 19.5 Å². The van der Waals surface area contributed by atoms with Gasteiger partial charge in [0.25, 0.3) is 5.91 Å². The number of carbonyl (C=O) groups excluding carboxylic acids is 1. The zero-order valence-corrected chi connectivity index (χ0v) is 23.0. The zero-order valence-electron chi connectivity index (χ0n) is 23.0. The molecule has 0 aliphatic carbocycles. The molecule has 5 rings (SSSR count). The van der Waals surface area contributed by atoms with Gasteiger partial charge in [0.1, 0.15) is 22.3 Å². The number of nitrogens with one attached hydrogen (secondary N) is 3. The Morgan fingerprint density at radius 3 is 2.38 bits per heavy atom. The van der Waals surface area contributed by atoms with Gasteiger partial charge in [-0.3, -0.25) is 24.2 Å². The second-order valence-corrected chi connectivity index (χ2v) is 10.6. The molecule has 2 aliphatic rings. The Morgan fingerprint density at radius 1 is 1.05 bits per heavy atom. The number of aromatic nitrogens is 2. The standard InChI is InChI=1S/C29H38N6O4/c1-4-34-12-6-8-18(34)14-30-16-21-24-26(28(38)17(3)27(21)37)33-23-20(10-11-22(36)25(23)32-24)29(39)31-15-19-9-7-13-35(19)5-2/h10-11,16,18-19,30,33,37H,4-9,12-15H2,1-3H3,(H,31,39). The summed E-state index contributed by atoms with van der Waals surface area (Å²) in [6, 6.07) is 3.47. The first-order chi connectivity index (χ1) is 18.8. The number of rotatable bonds is 8. The van der Waals surface area contributed by atoms with Gasteiger partial charge in [-0.2, -0.15) is 0 Å². The van der Waals surface area contributed by atoms with Crippen molar-refractivity contribution < 1.29 is 9.90 Å². The molecule has 0 spiro atoms. The molecule has 2 unspecified atom stereocenters. The van der Waals surface area contributed by atoms with E-state index < -0.39 is 5.43 Å². The third-order valence-corrected chi connectivity index (χ3v) is 8.44. The highest BCUT2D eigenvalue weighted by atomic mass is 16.3. The van der Waals surface area contributed by atoms with Crippen LogP contribution in [0.4, 0.5) is 0 Å². The number of aromatic amines is 1. The summed E-state index contributed by atoms with van der Waals surface area (Å²) >= 11 is 0. The quantitative estimate of drug-likeness (QED) is 0.317. The van der Waals surface area contributed by atoms with Crippen molar-refractivity contribution >= 4 is 34.2 Å².